The van der Waals surface area contributed by atoms with Gasteiger partial charge in [-0.1, -0.05) is 50.6 Å². The van der Waals surface area contributed by atoms with Gasteiger partial charge in [-0.2, -0.15) is 0 Å². The lowest BCUT2D eigenvalue weighted by atomic mass is 9.98. The number of carbonyl (C=O) groups excluding carboxylic acids is 2. The third-order valence-corrected chi connectivity index (χ3v) is 4.95. The number of benzene rings is 1. The maximum Gasteiger partial charge on any atom is 0.225 e. The van der Waals surface area contributed by atoms with E-state index >= 15 is 0 Å². The van der Waals surface area contributed by atoms with Crippen LogP contribution in [0.4, 0.5) is 0 Å². The molecule has 0 bridgehead atoms. The van der Waals surface area contributed by atoms with Crippen molar-refractivity contribution in [3.05, 3.63) is 35.9 Å². The molecule has 5 nitrogen and oxygen atoms in total. The number of amides is 2. The van der Waals surface area contributed by atoms with E-state index in [4.69, 9.17) is 0 Å². The molecular formula is C19H28N2O3. The molecule has 0 aliphatic carbocycles. The van der Waals surface area contributed by atoms with Crippen LogP contribution in [0.1, 0.15) is 32.3 Å². The van der Waals surface area contributed by atoms with Gasteiger partial charge < -0.3 is 15.3 Å². The molecule has 24 heavy (non-hydrogen) atoms. The molecule has 0 aromatic heterocycles. The minimum absolute atomic E-state index is 0.0372. The highest BCUT2D eigenvalue weighted by Gasteiger charge is 2.35. The maximum absolute atomic E-state index is 12.4. The van der Waals surface area contributed by atoms with Crippen molar-refractivity contribution in [1.82, 2.24) is 10.2 Å². The lowest BCUT2D eigenvalue weighted by Gasteiger charge is -2.24. The minimum atomic E-state index is -0.314. The summed E-state index contributed by atoms with van der Waals surface area (Å²) in [6.07, 6.45) is 1.95. The van der Waals surface area contributed by atoms with E-state index in [2.05, 4.69) is 5.32 Å². The summed E-state index contributed by atoms with van der Waals surface area (Å²) in [6.45, 7) is 5.08. The quantitative estimate of drug-likeness (QED) is 0.760. The van der Waals surface area contributed by atoms with Crippen molar-refractivity contribution in [1.29, 1.82) is 0 Å². The summed E-state index contributed by atoms with van der Waals surface area (Å²) in [4.78, 5) is 26.3. The third kappa shape index (κ3) is 4.81. The number of hydrogen-bond donors (Lipinski definition) is 2. The molecule has 3 atom stereocenters. The van der Waals surface area contributed by atoms with E-state index in [0.717, 1.165) is 12.8 Å². The van der Waals surface area contributed by atoms with E-state index in [1.807, 2.05) is 44.2 Å². The van der Waals surface area contributed by atoms with Gasteiger partial charge in [0.2, 0.25) is 11.8 Å². The Morgan fingerprint density at radius 1 is 1.38 bits per heavy atom. The van der Waals surface area contributed by atoms with E-state index in [9.17, 15) is 14.7 Å². The van der Waals surface area contributed by atoms with Crippen LogP contribution in [0.5, 0.6) is 0 Å². The summed E-state index contributed by atoms with van der Waals surface area (Å²) in [5.74, 6) is -0.184. The number of likely N-dealkylation sites (tertiary alicyclic amines) is 1. The predicted molar refractivity (Wildman–Crippen MR) is 93.3 cm³/mol. The molecule has 1 aromatic rings. The third-order valence-electron chi connectivity index (χ3n) is 4.95. The van der Waals surface area contributed by atoms with Crippen LogP contribution in [-0.2, 0) is 16.0 Å². The summed E-state index contributed by atoms with van der Waals surface area (Å²) >= 11 is 0. The Bertz CT molecular complexity index is 547. The van der Waals surface area contributed by atoms with Crippen LogP contribution >= 0.6 is 0 Å². The zero-order valence-electron chi connectivity index (χ0n) is 14.6. The van der Waals surface area contributed by atoms with Crippen molar-refractivity contribution >= 4 is 11.8 Å². The first kappa shape index (κ1) is 18.5. The lowest BCUT2D eigenvalue weighted by molar-refractivity contribution is -0.129. The molecule has 1 aromatic carbocycles. The monoisotopic (exact) mass is 332 g/mol. The Balaban J connectivity index is 1.85. The van der Waals surface area contributed by atoms with Crippen molar-refractivity contribution < 1.29 is 14.7 Å². The second-order valence-corrected chi connectivity index (χ2v) is 6.66. The Morgan fingerprint density at radius 3 is 2.71 bits per heavy atom. The summed E-state index contributed by atoms with van der Waals surface area (Å²) in [6, 6.07) is 9.80. The molecule has 1 heterocycles. The van der Waals surface area contributed by atoms with E-state index in [1.165, 1.54) is 5.56 Å². The van der Waals surface area contributed by atoms with Crippen molar-refractivity contribution in [3.8, 4) is 0 Å². The van der Waals surface area contributed by atoms with Gasteiger partial charge in [-0.15, -0.1) is 0 Å². The van der Waals surface area contributed by atoms with Gasteiger partial charge in [-0.05, 0) is 17.9 Å². The topological polar surface area (TPSA) is 69.6 Å². The highest BCUT2D eigenvalue weighted by atomic mass is 16.3. The van der Waals surface area contributed by atoms with E-state index < -0.39 is 0 Å². The van der Waals surface area contributed by atoms with Crippen LogP contribution < -0.4 is 5.32 Å². The van der Waals surface area contributed by atoms with Gasteiger partial charge in [0.25, 0.3) is 0 Å². The Morgan fingerprint density at radius 2 is 2.08 bits per heavy atom. The Hall–Kier alpha value is -1.88. The molecule has 132 valence electrons. The number of rotatable bonds is 8. The molecule has 1 aliphatic heterocycles. The smallest absolute Gasteiger partial charge is 0.225 e. The first-order chi connectivity index (χ1) is 11.5. The molecular weight excluding hydrogens is 304 g/mol. The van der Waals surface area contributed by atoms with Crippen LogP contribution in [0, 0.1) is 11.8 Å². The Labute approximate surface area is 144 Å². The van der Waals surface area contributed by atoms with E-state index in [-0.39, 0.29) is 42.7 Å². The second-order valence-electron chi connectivity index (χ2n) is 6.66. The molecule has 0 saturated carbocycles. The molecule has 2 N–H and O–H groups in total. The molecule has 0 spiro atoms. The molecule has 0 radical (unpaired) electrons. The fourth-order valence-electron chi connectivity index (χ4n) is 3.03. The van der Waals surface area contributed by atoms with Crippen LogP contribution in [0.2, 0.25) is 0 Å². The first-order valence-corrected chi connectivity index (χ1v) is 8.78. The number of hydrogen-bond acceptors (Lipinski definition) is 3. The summed E-state index contributed by atoms with van der Waals surface area (Å²) in [5, 5.41) is 12.3. The highest BCUT2D eigenvalue weighted by molar-refractivity contribution is 5.89. The number of nitrogens with one attached hydrogen (secondary N) is 1. The van der Waals surface area contributed by atoms with Crippen molar-refractivity contribution in [2.75, 3.05) is 19.7 Å². The van der Waals surface area contributed by atoms with Crippen LogP contribution in [0.25, 0.3) is 0 Å². The van der Waals surface area contributed by atoms with Gasteiger partial charge in [0, 0.05) is 19.5 Å². The van der Waals surface area contributed by atoms with E-state index in [0.29, 0.717) is 13.1 Å². The van der Waals surface area contributed by atoms with Crippen LogP contribution in [-0.4, -0.2) is 47.6 Å². The van der Waals surface area contributed by atoms with Gasteiger partial charge in [-0.25, -0.2) is 0 Å². The van der Waals surface area contributed by atoms with Crippen LogP contribution in [0.15, 0.2) is 30.3 Å². The number of aliphatic hydroxyl groups excluding tert-OH is 1. The zero-order valence-corrected chi connectivity index (χ0v) is 14.6. The maximum atomic E-state index is 12.4. The normalized spacial score (nSPS) is 20.0. The summed E-state index contributed by atoms with van der Waals surface area (Å²) in [7, 11) is 0. The van der Waals surface area contributed by atoms with Gasteiger partial charge in [0.1, 0.15) is 0 Å². The fourth-order valence-corrected chi connectivity index (χ4v) is 3.03. The van der Waals surface area contributed by atoms with Gasteiger partial charge in [-0.3, -0.25) is 9.59 Å². The van der Waals surface area contributed by atoms with Gasteiger partial charge >= 0.3 is 0 Å². The largest absolute Gasteiger partial charge is 0.394 e. The summed E-state index contributed by atoms with van der Waals surface area (Å²) < 4.78 is 0. The number of nitrogens with zero attached hydrogens (tertiary/aromatic N) is 1. The number of aliphatic hydroxyl groups is 1. The average molecular weight is 332 g/mol. The zero-order chi connectivity index (χ0) is 17.5. The molecule has 1 aliphatic rings. The molecule has 0 unspecified atom stereocenters. The molecule has 5 heteroatoms. The molecule has 1 saturated heterocycles. The SMILES string of the molecule is CC[C@H](C)[C@H](CO)NC(=O)[C@H]1CC(=O)N(CCc2ccccc2)C1. The lowest BCUT2D eigenvalue weighted by Crippen LogP contribution is -2.45. The predicted octanol–water partition coefficient (Wildman–Crippen LogP) is 1.60. The average Bonchev–Trinajstić information content (AvgIpc) is 2.99. The fraction of sp³-hybridized carbons (Fsp3) is 0.579. The molecule has 2 amide bonds. The summed E-state index contributed by atoms with van der Waals surface area (Å²) in [5.41, 5.74) is 1.19. The molecule has 2 rings (SSSR count). The van der Waals surface area contributed by atoms with Crippen molar-refractivity contribution in [3.63, 3.8) is 0 Å². The highest BCUT2D eigenvalue weighted by Crippen LogP contribution is 2.19. The van der Waals surface area contributed by atoms with Crippen LogP contribution in [0.3, 0.4) is 0 Å². The minimum Gasteiger partial charge on any atom is -0.394 e. The standard InChI is InChI=1S/C19H28N2O3/c1-3-14(2)17(13-22)20-19(24)16-11-18(23)21(12-16)10-9-15-7-5-4-6-8-15/h4-8,14,16-17,22H,3,9-13H2,1-2H3,(H,20,24)/t14-,16-,17-/m0/s1. The van der Waals surface area contributed by atoms with E-state index in [1.54, 1.807) is 4.90 Å². The second kappa shape index (κ2) is 8.83. The van der Waals surface area contributed by atoms with Gasteiger partial charge in [0.05, 0.1) is 18.6 Å². The first-order valence-electron chi connectivity index (χ1n) is 8.78. The number of carbonyl (C=O) groups is 2. The van der Waals surface area contributed by atoms with Crippen molar-refractivity contribution in [2.45, 2.75) is 39.2 Å². The van der Waals surface area contributed by atoms with Crippen molar-refractivity contribution in [2.24, 2.45) is 11.8 Å². The van der Waals surface area contributed by atoms with Gasteiger partial charge in [0.15, 0.2) is 0 Å². The Kier molecular flexibility index (Phi) is 6.79. The molecule has 1 fully saturated rings.